The summed E-state index contributed by atoms with van der Waals surface area (Å²) >= 11 is -1.04. The highest BCUT2D eigenvalue weighted by Gasteiger charge is 2.40. The number of nitrogens with one attached hydrogen (secondary N) is 1. The maximum atomic E-state index is 12.4. The topological polar surface area (TPSA) is 53.5 Å². The van der Waals surface area contributed by atoms with Gasteiger partial charge in [0.15, 0.2) is 8.32 Å². The van der Waals surface area contributed by atoms with Crippen LogP contribution in [-0.2, 0) is 20.5 Å². The first-order valence-electron chi connectivity index (χ1n) is 7.45. The Kier molecular flexibility index (Phi) is 6.56. The van der Waals surface area contributed by atoms with Gasteiger partial charge in [-0.2, -0.15) is 0 Å². The maximum Gasteiger partial charge on any atom is 0.188 e. The van der Waals surface area contributed by atoms with E-state index in [0.717, 1.165) is 19.3 Å². The molecule has 6 heteroatoms. The molecule has 0 spiro atoms. The van der Waals surface area contributed by atoms with Crippen molar-refractivity contribution in [3.8, 4) is 0 Å². The molecule has 1 aliphatic rings. The van der Waals surface area contributed by atoms with E-state index >= 15 is 0 Å². The molecule has 1 saturated heterocycles. The van der Waals surface area contributed by atoms with E-state index in [1.54, 1.807) is 0 Å². The van der Waals surface area contributed by atoms with Gasteiger partial charge < -0.3 is 13.7 Å². The third-order valence-corrected chi connectivity index (χ3v) is 7.48. The zero-order valence-corrected chi connectivity index (χ0v) is 15.8. The van der Waals surface area contributed by atoms with Crippen molar-refractivity contribution in [3.63, 3.8) is 0 Å². The summed E-state index contributed by atoms with van der Waals surface area (Å²) in [4.78, 5) is 0. The predicted octanol–water partition coefficient (Wildman–Crippen LogP) is 2.68. The molecule has 20 heavy (non-hydrogen) atoms. The average molecular weight is 322 g/mol. The molecular formula is C14H31NO3SSi. The molecule has 0 aromatic carbocycles. The van der Waals surface area contributed by atoms with Crippen LogP contribution in [0, 0.1) is 5.92 Å². The highest BCUT2D eigenvalue weighted by atomic mass is 32.2. The van der Waals surface area contributed by atoms with Crippen LogP contribution in [-0.4, -0.2) is 43.0 Å². The summed E-state index contributed by atoms with van der Waals surface area (Å²) in [5.74, 6) is 0.462. The Hall–Kier alpha value is 0.407. The summed E-state index contributed by atoms with van der Waals surface area (Å²) in [6.07, 6.45) is 0.253. The van der Waals surface area contributed by atoms with Crippen LogP contribution in [0.2, 0.25) is 19.1 Å². The zero-order chi connectivity index (χ0) is 15.6. The predicted molar refractivity (Wildman–Crippen MR) is 87.6 cm³/mol. The van der Waals surface area contributed by atoms with Crippen LogP contribution < -0.4 is 4.72 Å². The van der Waals surface area contributed by atoms with Crippen LogP contribution in [0.5, 0.6) is 0 Å². The molecule has 1 N–H and O–H groups in total. The Morgan fingerprint density at radius 3 is 2.25 bits per heavy atom. The van der Waals surface area contributed by atoms with Gasteiger partial charge >= 0.3 is 0 Å². The minimum absolute atomic E-state index is 0.226. The van der Waals surface area contributed by atoms with E-state index in [1.807, 2.05) is 20.8 Å². The van der Waals surface area contributed by atoms with Gasteiger partial charge in [-0.05, 0) is 53.8 Å². The third kappa shape index (κ3) is 6.03. The van der Waals surface area contributed by atoms with Gasteiger partial charge in [0.25, 0.3) is 0 Å². The van der Waals surface area contributed by atoms with E-state index in [2.05, 4.69) is 31.7 Å². The number of hydrogen-bond donors (Lipinski definition) is 1. The summed E-state index contributed by atoms with van der Waals surface area (Å²) in [6.45, 7) is 16.2. The summed E-state index contributed by atoms with van der Waals surface area (Å²) in [5.41, 5.74) is 0. The molecule has 2 atom stereocenters. The molecule has 1 rings (SSSR count). The normalized spacial score (nSPS) is 20.9. The number of ether oxygens (including phenoxy) is 1. The first kappa shape index (κ1) is 18.5. The lowest BCUT2D eigenvalue weighted by molar-refractivity contribution is -0.0440. The van der Waals surface area contributed by atoms with E-state index in [1.165, 1.54) is 0 Å². The fourth-order valence-electron chi connectivity index (χ4n) is 2.32. The Balaban J connectivity index is 2.65. The second kappa shape index (κ2) is 7.11. The van der Waals surface area contributed by atoms with Gasteiger partial charge in [-0.1, -0.05) is 0 Å². The van der Waals surface area contributed by atoms with Gasteiger partial charge in [-0.25, -0.2) is 0 Å². The first-order valence-corrected chi connectivity index (χ1v) is 11.7. The van der Waals surface area contributed by atoms with Crippen molar-refractivity contribution >= 4 is 19.7 Å². The van der Waals surface area contributed by atoms with Crippen molar-refractivity contribution in [1.82, 2.24) is 4.72 Å². The molecule has 120 valence electrons. The Morgan fingerprint density at radius 2 is 1.90 bits per heavy atom. The van der Waals surface area contributed by atoms with Crippen LogP contribution >= 0.6 is 0 Å². The van der Waals surface area contributed by atoms with Crippen LogP contribution in [0.4, 0.5) is 0 Å². The number of rotatable bonds is 7. The van der Waals surface area contributed by atoms with Crippen LogP contribution in [0.3, 0.4) is 0 Å². The molecule has 0 aliphatic carbocycles. The molecule has 0 bridgehead atoms. The van der Waals surface area contributed by atoms with Crippen molar-refractivity contribution in [2.75, 3.05) is 13.2 Å². The van der Waals surface area contributed by atoms with E-state index in [0.29, 0.717) is 5.92 Å². The molecule has 4 nitrogen and oxygen atoms in total. The van der Waals surface area contributed by atoms with Gasteiger partial charge in [0, 0.05) is 23.4 Å². The highest BCUT2D eigenvalue weighted by molar-refractivity contribution is 7.90. The Labute approximate surface area is 128 Å². The van der Waals surface area contributed by atoms with Gasteiger partial charge in [0.05, 0.1) is 19.3 Å². The van der Waals surface area contributed by atoms with Gasteiger partial charge in [-0.15, -0.1) is 4.72 Å². The van der Waals surface area contributed by atoms with Crippen molar-refractivity contribution in [3.05, 3.63) is 0 Å². The third-order valence-electron chi connectivity index (χ3n) is 3.31. The molecule has 1 unspecified atom stereocenters. The average Bonchev–Trinajstić information content (AvgIpc) is 2.08. The van der Waals surface area contributed by atoms with Gasteiger partial charge in [0.2, 0.25) is 0 Å². The van der Waals surface area contributed by atoms with Crippen molar-refractivity contribution in [2.45, 2.75) is 70.6 Å². The van der Waals surface area contributed by atoms with Crippen molar-refractivity contribution in [1.29, 1.82) is 0 Å². The van der Waals surface area contributed by atoms with Gasteiger partial charge in [0.1, 0.15) is 4.75 Å². The summed E-state index contributed by atoms with van der Waals surface area (Å²) in [5, 5.41) is 0. The lowest BCUT2D eigenvalue weighted by atomic mass is 10.0. The SMILES string of the molecule is CC(C)O[Si](C)(C)C[C@@H](N[S+]([O-])C(C)(C)C)C1COC1. The van der Waals surface area contributed by atoms with E-state index in [4.69, 9.17) is 9.16 Å². The van der Waals surface area contributed by atoms with E-state index < -0.39 is 19.7 Å². The van der Waals surface area contributed by atoms with Crippen LogP contribution in [0.25, 0.3) is 0 Å². The highest BCUT2D eigenvalue weighted by Crippen LogP contribution is 2.27. The molecule has 0 amide bonds. The van der Waals surface area contributed by atoms with Crippen molar-refractivity contribution in [2.24, 2.45) is 5.92 Å². The van der Waals surface area contributed by atoms with Crippen LogP contribution in [0.15, 0.2) is 0 Å². The maximum absolute atomic E-state index is 12.4. The molecule has 1 aliphatic heterocycles. The Morgan fingerprint density at radius 1 is 1.35 bits per heavy atom. The minimum Gasteiger partial charge on any atom is -0.598 e. The lowest BCUT2D eigenvalue weighted by Crippen LogP contribution is -2.55. The fourth-order valence-corrected chi connectivity index (χ4v) is 6.24. The molecule has 0 aromatic heterocycles. The molecule has 0 aromatic rings. The standard InChI is InChI=1S/C14H31NO3SSi/c1-11(2)18-20(6,7)10-13(12-8-17-9-12)15-19(16)14(3,4)5/h11-13,15H,8-10H2,1-7H3/t13-,19?/m1/s1. The lowest BCUT2D eigenvalue weighted by Gasteiger charge is -2.39. The molecule has 0 radical (unpaired) electrons. The van der Waals surface area contributed by atoms with E-state index in [-0.39, 0.29) is 16.9 Å². The summed E-state index contributed by atoms with van der Waals surface area (Å²) in [7, 11) is -1.75. The van der Waals surface area contributed by atoms with E-state index in [9.17, 15) is 4.55 Å². The molecule has 1 heterocycles. The monoisotopic (exact) mass is 321 g/mol. The first-order chi connectivity index (χ1) is 9.01. The zero-order valence-electron chi connectivity index (χ0n) is 14.0. The second-order valence-electron chi connectivity index (χ2n) is 7.53. The largest absolute Gasteiger partial charge is 0.598 e. The summed E-state index contributed by atoms with van der Waals surface area (Å²) in [6, 6.07) is 1.20. The van der Waals surface area contributed by atoms with Crippen LogP contribution in [0.1, 0.15) is 34.6 Å². The quantitative estimate of drug-likeness (QED) is 0.578. The van der Waals surface area contributed by atoms with Crippen molar-refractivity contribution < 1.29 is 13.7 Å². The van der Waals surface area contributed by atoms with Gasteiger partial charge in [-0.3, -0.25) is 0 Å². The molecular weight excluding hydrogens is 290 g/mol. The Bertz CT molecular complexity index is 303. The smallest absolute Gasteiger partial charge is 0.188 e. The molecule has 0 saturated carbocycles. The minimum atomic E-state index is -1.75. The number of hydrogen-bond acceptors (Lipinski definition) is 4. The second-order valence-corrected chi connectivity index (χ2v) is 13.7. The molecule has 1 fully saturated rings. The fraction of sp³-hybridized carbons (Fsp3) is 1.00. The summed E-state index contributed by atoms with van der Waals surface area (Å²) < 4.78 is 26.9.